The van der Waals surface area contributed by atoms with Crippen molar-refractivity contribution in [2.24, 2.45) is 4.99 Å². The van der Waals surface area contributed by atoms with Gasteiger partial charge in [-0.2, -0.15) is 4.99 Å². The third-order valence-electron chi connectivity index (χ3n) is 4.91. The summed E-state index contributed by atoms with van der Waals surface area (Å²) in [6.07, 6.45) is 0.150. The van der Waals surface area contributed by atoms with Crippen LogP contribution in [0.4, 0.5) is 10.1 Å². The van der Waals surface area contributed by atoms with Crippen LogP contribution in [-0.4, -0.2) is 42.3 Å². The summed E-state index contributed by atoms with van der Waals surface area (Å²) in [6, 6.07) is 11.5. The number of anilines is 1. The maximum atomic E-state index is 13.6. The molecule has 0 radical (unpaired) electrons. The molecule has 2 aromatic carbocycles. The van der Waals surface area contributed by atoms with Gasteiger partial charge in [-0.25, -0.2) is 12.8 Å². The molecule has 2 aliphatic heterocycles. The Balaban J connectivity index is 1.66. The summed E-state index contributed by atoms with van der Waals surface area (Å²) in [4.78, 5) is 18.6. The Bertz CT molecular complexity index is 1120. The number of aliphatic imine (C=N–C) groups is 1. The number of nitrogens with zero attached hydrogens (tertiary/aromatic N) is 2. The predicted octanol–water partition coefficient (Wildman–Crippen LogP) is 3.63. The number of amidine groups is 1. The zero-order valence-electron chi connectivity index (χ0n) is 15.5. The lowest BCUT2D eigenvalue weighted by Crippen LogP contribution is -2.37. The highest BCUT2D eigenvalue weighted by Crippen LogP contribution is 2.41. The maximum Gasteiger partial charge on any atom is 0.252 e. The molecule has 0 spiro atoms. The topological polar surface area (TPSA) is 66.8 Å². The number of amides is 1. The number of hydrogen-bond donors (Lipinski definition) is 0. The van der Waals surface area contributed by atoms with Gasteiger partial charge in [-0.05, 0) is 30.7 Å². The molecule has 0 aliphatic carbocycles. The van der Waals surface area contributed by atoms with Crippen LogP contribution in [0.1, 0.15) is 11.1 Å². The van der Waals surface area contributed by atoms with Gasteiger partial charge in [0.25, 0.3) is 5.91 Å². The van der Waals surface area contributed by atoms with Gasteiger partial charge in [0.2, 0.25) is 0 Å². The van der Waals surface area contributed by atoms with E-state index in [1.54, 1.807) is 4.90 Å². The van der Waals surface area contributed by atoms with Crippen LogP contribution in [0, 0.1) is 12.7 Å². The van der Waals surface area contributed by atoms with Crippen molar-refractivity contribution in [2.45, 2.75) is 24.6 Å². The molecular weight excluding hydrogens is 435 g/mol. The summed E-state index contributed by atoms with van der Waals surface area (Å²) in [5.41, 5.74) is 2.44. The van der Waals surface area contributed by atoms with Crippen LogP contribution in [0.15, 0.2) is 47.5 Å². The number of carbonyl (C=O) groups excluding carboxylic acids is 1. The standard InChI is InChI=1S/C20H18ClFN2O3S2/c1-12-3-2-4-13(7-12)8-19(25)23-20-24(14-5-6-16(22)15(21)9-14)17-10-29(26,27)11-18(17)28-20/h2-7,9,17-18H,8,10-11H2,1H3. The molecular formula is C20H18ClFN2O3S2. The molecule has 2 saturated heterocycles. The lowest BCUT2D eigenvalue weighted by molar-refractivity contribution is -0.117. The normalized spacial score (nSPS) is 24.1. The average Bonchev–Trinajstić information content (AvgIpc) is 3.08. The third-order valence-corrected chi connectivity index (χ3v) is 8.41. The molecule has 2 fully saturated rings. The van der Waals surface area contributed by atoms with Crippen molar-refractivity contribution in [2.75, 3.05) is 16.4 Å². The zero-order chi connectivity index (χ0) is 20.8. The van der Waals surface area contributed by atoms with Gasteiger partial charge in [-0.1, -0.05) is 53.2 Å². The van der Waals surface area contributed by atoms with Gasteiger partial charge in [0.15, 0.2) is 15.0 Å². The van der Waals surface area contributed by atoms with Crippen LogP contribution in [-0.2, 0) is 21.1 Å². The number of benzene rings is 2. The smallest absolute Gasteiger partial charge is 0.252 e. The van der Waals surface area contributed by atoms with Crippen molar-refractivity contribution in [3.8, 4) is 0 Å². The molecule has 29 heavy (non-hydrogen) atoms. The van der Waals surface area contributed by atoms with Crippen molar-refractivity contribution >= 4 is 50.0 Å². The van der Waals surface area contributed by atoms with Gasteiger partial charge in [-0.15, -0.1) is 0 Å². The SMILES string of the molecule is Cc1cccc(CC(=O)N=C2SC3CS(=O)(=O)CC3N2c2ccc(F)c(Cl)c2)c1. The van der Waals surface area contributed by atoms with E-state index in [0.717, 1.165) is 11.1 Å². The summed E-state index contributed by atoms with van der Waals surface area (Å²) in [6.45, 7) is 1.95. The number of carbonyl (C=O) groups is 1. The van der Waals surface area contributed by atoms with Crippen molar-refractivity contribution in [1.29, 1.82) is 0 Å². The van der Waals surface area contributed by atoms with Crippen molar-refractivity contribution < 1.29 is 17.6 Å². The van der Waals surface area contributed by atoms with E-state index in [1.165, 1.54) is 30.0 Å². The van der Waals surface area contributed by atoms with Crippen molar-refractivity contribution in [3.05, 3.63) is 64.4 Å². The molecule has 0 N–H and O–H groups in total. The number of fused-ring (bicyclic) bond motifs is 1. The fourth-order valence-electron chi connectivity index (χ4n) is 3.64. The first kappa shape index (κ1) is 20.4. The third kappa shape index (κ3) is 4.34. The minimum absolute atomic E-state index is 0.0266. The van der Waals surface area contributed by atoms with E-state index in [1.807, 2.05) is 31.2 Å². The maximum absolute atomic E-state index is 13.6. The number of sulfone groups is 1. The first-order valence-corrected chi connectivity index (χ1v) is 12.1. The van der Waals surface area contributed by atoms with Crippen LogP contribution in [0.2, 0.25) is 5.02 Å². The Hall–Kier alpha value is -1.90. The number of hydrogen-bond acceptors (Lipinski definition) is 4. The molecule has 4 rings (SSSR count). The molecule has 1 amide bonds. The number of aryl methyl sites for hydroxylation is 1. The highest BCUT2D eigenvalue weighted by molar-refractivity contribution is 8.16. The van der Waals surface area contributed by atoms with Crippen LogP contribution in [0.25, 0.3) is 0 Å². The van der Waals surface area contributed by atoms with Crippen LogP contribution >= 0.6 is 23.4 Å². The van der Waals surface area contributed by atoms with E-state index in [0.29, 0.717) is 10.9 Å². The molecule has 2 aromatic rings. The largest absolute Gasteiger partial charge is 0.316 e. The first-order valence-electron chi connectivity index (χ1n) is 9.00. The molecule has 0 saturated carbocycles. The Labute approximate surface area is 177 Å². The van der Waals surface area contributed by atoms with E-state index in [2.05, 4.69) is 4.99 Å². The fourth-order valence-corrected chi connectivity index (χ4v) is 7.75. The van der Waals surface area contributed by atoms with Crippen LogP contribution in [0.5, 0.6) is 0 Å². The fraction of sp³-hybridized carbons (Fsp3) is 0.300. The summed E-state index contributed by atoms with van der Waals surface area (Å²) in [5.74, 6) is -0.894. The Morgan fingerprint density at radius 1 is 1.28 bits per heavy atom. The molecule has 9 heteroatoms. The van der Waals surface area contributed by atoms with Crippen LogP contribution < -0.4 is 4.90 Å². The second-order valence-electron chi connectivity index (χ2n) is 7.22. The molecule has 2 unspecified atom stereocenters. The van der Waals surface area contributed by atoms with Gasteiger partial charge >= 0.3 is 0 Å². The van der Waals surface area contributed by atoms with Gasteiger partial charge in [0.1, 0.15) is 5.82 Å². The lowest BCUT2D eigenvalue weighted by Gasteiger charge is -2.24. The second-order valence-corrected chi connectivity index (χ2v) is 11.0. The molecule has 152 valence electrons. The molecule has 2 heterocycles. The molecule has 2 atom stereocenters. The highest BCUT2D eigenvalue weighted by atomic mass is 35.5. The first-order chi connectivity index (χ1) is 13.7. The van der Waals surface area contributed by atoms with E-state index >= 15 is 0 Å². The predicted molar refractivity (Wildman–Crippen MR) is 115 cm³/mol. The number of rotatable bonds is 3. The minimum atomic E-state index is -3.18. The van der Waals surface area contributed by atoms with Crippen molar-refractivity contribution in [1.82, 2.24) is 0 Å². The van der Waals surface area contributed by atoms with E-state index in [4.69, 9.17) is 11.6 Å². The zero-order valence-corrected chi connectivity index (χ0v) is 17.9. The summed E-state index contributed by atoms with van der Waals surface area (Å²) in [5, 5.41) is 0.131. The van der Waals surface area contributed by atoms with Gasteiger partial charge < -0.3 is 4.90 Å². The Morgan fingerprint density at radius 3 is 2.79 bits per heavy atom. The van der Waals surface area contributed by atoms with E-state index in [9.17, 15) is 17.6 Å². The Morgan fingerprint density at radius 2 is 2.07 bits per heavy atom. The average molecular weight is 453 g/mol. The molecule has 5 nitrogen and oxygen atoms in total. The molecule has 0 aromatic heterocycles. The summed E-state index contributed by atoms with van der Waals surface area (Å²) in [7, 11) is -3.18. The van der Waals surface area contributed by atoms with Gasteiger partial charge in [-0.3, -0.25) is 4.79 Å². The monoisotopic (exact) mass is 452 g/mol. The number of halogens is 2. The second kappa shape index (κ2) is 7.74. The lowest BCUT2D eigenvalue weighted by atomic mass is 10.1. The van der Waals surface area contributed by atoms with E-state index in [-0.39, 0.29) is 40.1 Å². The molecule has 2 aliphatic rings. The van der Waals surface area contributed by atoms with Crippen LogP contribution in [0.3, 0.4) is 0 Å². The summed E-state index contributed by atoms with van der Waals surface area (Å²) >= 11 is 7.21. The minimum Gasteiger partial charge on any atom is -0.316 e. The Kier molecular flexibility index (Phi) is 5.44. The van der Waals surface area contributed by atoms with Gasteiger partial charge in [0.05, 0.1) is 29.0 Å². The van der Waals surface area contributed by atoms with Gasteiger partial charge in [0, 0.05) is 10.9 Å². The number of thioether (sulfide) groups is 1. The van der Waals surface area contributed by atoms with Crippen molar-refractivity contribution in [3.63, 3.8) is 0 Å². The quantitative estimate of drug-likeness (QED) is 0.711. The van der Waals surface area contributed by atoms with E-state index < -0.39 is 15.7 Å². The summed E-state index contributed by atoms with van der Waals surface area (Å²) < 4.78 is 37.8. The molecule has 0 bridgehead atoms. The highest BCUT2D eigenvalue weighted by Gasteiger charge is 2.49.